The Hall–Kier alpha value is -3.93. The van der Waals surface area contributed by atoms with Crippen molar-refractivity contribution in [1.29, 1.82) is 0 Å². The summed E-state index contributed by atoms with van der Waals surface area (Å²) in [6.45, 7) is 1.09. The third kappa shape index (κ3) is 4.95. The predicted molar refractivity (Wildman–Crippen MR) is 136 cm³/mol. The third-order valence-corrected chi connectivity index (χ3v) is 6.91. The number of alkyl halides is 2. The number of ether oxygens (including phenoxy) is 1. The Balaban J connectivity index is 1.59. The van der Waals surface area contributed by atoms with Crippen LogP contribution in [0.15, 0.2) is 43.0 Å². The molecule has 38 heavy (non-hydrogen) atoms. The summed E-state index contributed by atoms with van der Waals surface area (Å²) in [6.07, 6.45) is 1.11. The molecule has 2 aromatic heterocycles. The first-order chi connectivity index (χ1) is 18.2. The van der Waals surface area contributed by atoms with Gasteiger partial charge in [-0.2, -0.15) is 0 Å². The summed E-state index contributed by atoms with van der Waals surface area (Å²) in [6, 6.07) is 7.29. The molecule has 1 aliphatic rings. The average molecular weight is 530 g/mol. The highest BCUT2D eigenvalue weighted by atomic mass is 19.3. The minimum Gasteiger partial charge on any atom is -0.494 e. The van der Waals surface area contributed by atoms with E-state index in [-0.39, 0.29) is 30.2 Å². The summed E-state index contributed by atoms with van der Waals surface area (Å²) in [5.74, 6) is -1.31. The van der Waals surface area contributed by atoms with Crippen LogP contribution in [0.25, 0.3) is 22.3 Å². The summed E-state index contributed by atoms with van der Waals surface area (Å²) >= 11 is 0. The van der Waals surface area contributed by atoms with Crippen molar-refractivity contribution >= 4 is 22.7 Å². The van der Waals surface area contributed by atoms with E-state index >= 15 is 0 Å². The Morgan fingerprint density at radius 2 is 1.92 bits per heavy atom. The van der Waals surface area contributed by atoms with Crippen LogP contribution >= 0.6 is 0 Å². The van der Waals surface area contributed by atoms with Crippen molar-refractivity contribution < 1.29 is 22.3 Å². The van der Waals surface area contributed by atoms with Crippen LogP contribution in [0.4, 0.5) is 29.1 Å². The van der Waals surface area contributed by atoms with Crippen LogP contribution in [-0.2, 0) is 6.54 Å². The number of fused-ring (bicyclic) bond motifs is 1. The average Bonchev–Trinajstić information content (AvgIpc) is 3.28. The second kappa shape index (κ2) is 10.1. The molecule has 2 aromatic carbocycles. The number of hydrogen-bond donors (Lipinski definition) is 2. The lowest BCUT2D eigenvalue weighted by atomic mass is 9.86. The number of halogens is 4. The Kier molecular flexibility index (Phi) is 6.82. The Morgan fingerprint density at radius 3 is 2.68 bits per heavy atom. The highest BCUT2D eigenvalue weighted by molar-refractivity contribution is 5.81. The molecule has 1 saturated heterocycles. The van der Waals surface area contributed by atoms with Crippen molar-refractivity contribution in [3.05, 3.63) is 60.2 Å². The molecular formula is C26H27F4N7O. The Morgan fingerprint density at radius 1 is 1.11 bits per heavy atom. The van der Waals surface area contributed by atoms with Crippen LogP contribution in [-0.4, -0.2) is 51.7 Å². The zero-order chi connectivity index (χ0) is 27.0. The molecule has 0 spiro atoms. The van der Waals surface area contributed by atoms with Crippen molar-refractivity contribution in [1.82, 2.24) is 19.5 Å². The lowest BCUT2D eigenvalue weighted by Gasteiger charge is -2.42. The van der Waals surface area contributed by atoms with E-state index in [1.807, 2.05) is 4.90 Å². The van der Waals surface area contributed by atoms with Crippen LogP contribution in [0.5, 0.6) is 5.75 Å². The first kappa shape index (κ1) is 25.7. The lowest BCUT2D eigenvalue weighted by Crippen LogP contribution is -2.55. The minimum absolute atomic E-state index is 0.0580. The largest absolute Gasteiger partial charge is 0.494 e. The molecule has 0 radical (unpaired) electrons. The number of hydrogen-bond acceptors (Lipinski definition) is 7. The van der Waals surface area contributed by atoms with E-state index in [0.29, 0.717) is 36.1 Å². The van der Waals surface area contributed by atoms with E-state index in [1.165, 1.54) is 13.4 Å². The normalized spacial score (nSPS) is 17.9. The second-order valence-corrected chi connectivity index (χ2v) is 9.60. The van der Waals surface area contributed by atoms with Crippen molar-refractivity contribution in [2.45, 2.75) is 37.8 Å². The maximum Gasteiger partial charge on any atom is 0.240 e. The maximum absolute atomic E-state index is 15.0. The number of anilines is 2. The van der Waals surface area contributed by atoms with Gasteiger partial charge in [-0.05, 0) is 42.2 Å². The number of aromatic nitrogens is 4. The molecule has 5 rings (SSSR count). The van der Waals surface area contributed by atoms with Gasteiger partial charge >= 0.3 is 0 Å². The molecule has 8 nitrogen and oxygen atoms in total. The van der Waals surface area contributed by atoms with E-state index in [9.17, 15) is 17.6 Å². The van der Waals surface area contributed by atoms with E-state index in [1.54, 1.807) is 29.1 Å². The minimum atomic E-state index is -2.52. The molecule has 0 bridgehead atoms. The monoisotopic (exact) mass is 529 g/mol. The van der Waals surface area contributed by atoms with E-state index < -0.39 is 30.0 Å². The number of methoxy groups -OCH3 is 1. The molecule has 0 saturated carbocycles. The van der Waals surface area contributed by atoms with Crippen LogP contribution in [0.1, 0.15) is 24.8 Å². The van der Waals surface area contributed by atoms with Crippen LogP contribution < -0.4 is 21.1 Å². The second-order valence-electron chi connectivity index (χ2n) is 9.60. The lowest BCUT2D eigenvalue weighted by molar-refractivity contribution is 0.0983. The van der Waals surface area contributed by atoms with Crippen LogP contribution in [0.3, 0.4) is 0 Å². The molecule has 12 heteroatoms. The first-order valence-corrected chi connectivity index (χ1v) is 12.1. The molecule has 4 N–H and O–H groups in total. The molecule has 0 amide bonds. The number of benzene rings is 2. The van der Waals surface area contributed by atoms with Gasteiger partial charge in [0.15, 0.2) is 23.0 Å². The zero-order valence-corrected chi connectivity index (χ0v) is 20.7. The molecule has 1 atom stereocenters. The van der Waals surface area contributed by atoms with Gasteiger partial charge in [0.05, 0.1) is 20.0 Å². The summed E-state index contributed by atoms with van der Waals surface area (Å²) in [4.78, 5) is 14.5. The van der Waals surface area contributed by atoms with Crippen molar-refractivity contribution in [2.24, 2.45) is 5.73 Å². The van der Waals surface area contributed by atoms with E-state index in [2.05, 4.69) is 15.0 Å². The summed E-state index contributed by atoms with van der Waals surface area (Å²) in [7, 11) is 1.26. The molecule has 3 heterocycles. The Bertz CT molecular complexity index is 1480. The first-order valence-electron chi connectivity index (χ1n) is 12.1. The van der Waals surface area contributed by atoms with Gasteiger partial charge in [-0.25, -0.2) is 32.5 Å². The van der Waals surface area contributed by atoms with Gasteiger partial charge in [-0.15, -0.1) is 0 Å². The number of nitrogens with zero attached hydrogens (tertiary/aromatic N) is 5. The quantitative estimate of drug-likeness (QED) is 0.343. The maximum atomic E-state index is 15.0. The zero-order valence-electron chi connectivity index (χ0n) is 20.7. The highest BCUT2D eigenvalue weighted by Crippen LogP contribution is 2.36. The fourth-order valence-electron chi connectivity index (χ4n) is 5.13. The van der Waals surface area contributed by atoms with Crippen molar-refractivity contribution in [2.75, 3.05) is 30.8 Å². The van der Waals surface area contributed by atoms with Gasteiger partial charge in [0.25, 0.3) is 0 Å². The fraction of sp³-hybridized carbons (Fsp3) is 0.346. The predicted octanol–water partition coefficient (Wildman–Crippen LogP) is 4.36. The van der Waals surface area contributed by atoms with Crippen LogP contribution in [0.2, 0.25) is 0 Å². The third-order valence-electron chi connectivity index (χ3n) is 6.91. The molecule has 1 aliphatic heterocycles. The summed E-state index contributed by atoms with van der Waals surface area (Å²) in [5.41, 5.74) is 14.2. The van der Waals surface area contributed by atoms with Gasteiger partial charge in [0, 0.05) is 42.4 Å². The smallest absolute Gasteiger partial charge is 0.240 e. The fourth-order valence-corrected chi connectivity index (χ4v) is 5.13. The number of nitrogens with two attached hydrogens (primary N) is 2. The number of piperidine rings is 1. The molecule has 4 aromatic rings. The summed E-state index contributed by atoms with van der Waals surface area (Å²) in [5, 5.41) is 0. The van der Waals surface area contributed by atoms with Crippen molar-refractivity contribution in [3.63, 3.8) is 0 Å². The number of rotatable bonds is 7. The van der Waals surface area contributed by atoms with Crippen LogP contribution in [0, 0.1) is 11.6 Å². The standard InChI is InChI=1S/C26H27F4N7O/c1-38-21-9-18(27)17(8-19(21)28)15-3-4-20(36-6-2-5-26(32,12-36)10-22(29)30)16(7-15)11-37-14-35-23-24(31)33-13-34-25(23)37/h3-4,7-9,13-14,22H,2,5-6,10-12,32H2,1H3,(H2,31,33,34)/t26-/m0/s1. The molecule has 0 unspecified atom stereocenters. The number of nitrogen functional groups attached to an aromatic ring is 1. The topological polar surface area (TPSA) is 108 Å². The molecule has 1 fully saturated rings. The molecule has 0 aliphatic carbocycles. The Labute approximate surface area is 216 Å². The van der Waals surface area contributed by atoms with Gasteiger partial charge < -0.3 is 25.7 Å². The van der Waals surface area contributed by atoms with E-state index in [4.69, 9.17) is 16.2 Å². The SMILES string of the molecule is COc1cc(F)c(-c2ccc(N3CCC[C@](N)(CC(F)F)C3)c(Cn3cnc4c(N)ncnc43)c2)cc1F. The van der Waals surface area contributed by atoms with Gasteiger partial charge in [0.2, 0.25) is 6.43 Å². The molecular weight excluding hydrogens is 502 g/mol. The molecule has 200 valence electrons. The van der Waals surface area contributed by atoms with Gasteiger partial charge in [-0.3, -0.25) is 0 Å². The summed E-state index contributed by atoms with van der Waals surface area (Å²) < 4.78 is 62.6. The number of imidazole rings is 1. The van der Waals surface area contributed by atoms with Gasteiger partial charge in [0.1, 0.15) is 17.7 Å². The van der Waals surface area contributed by atoms with E-state index in [0.717, 1.165) is 23.4 Å². The highest BCUT2D eigenvalue weighted by Gasteiger charge is 2.35. The van der Waals surface area contributed by atoms with Crippen molar-refractivity contribution in [3.8, 4) is 16.9 Å². The van der Waals surface area contributed by atoms with Gasteiger partial charge in [-0.1, -0.05) is 6.07 Å².